The van der Waals surface area contributed by atoms with Gasteiger partial charge in [-0.2, -0.15) is 4.31 Å². The van der Waals surface area contributed by atoms with E-state index in [1.165, 1.54) is 11.2 Å². The van der Waals surface area contributed by atoms with Gasteiger partial charge in [0.1, 0.15) is 0 Å². The van der Waals surface area contributed by atoms with Crippen molar-refractivity contribution < 1.29 is 18.3 Å². The Bertz CT molecular complexity index is 402. The van der Waals surface area contributed by atoms with E-state index in [1.54, 1.807) is 0 Å². The van der Waals surface area contributed by atoms with Gasteiger partial charge in [0.2, 0.25) is 10.0 Å². The van der Waals surface area contributed by atoms with Crippen LogP contribution in [0.15, 0.2) is 0 Å². The minimum Gasteiger partial charge on any atom is -0.480 e. The Morgan fingerprint density at radius 3 is 2.21 bits per heavy atom. The molecule has 1 unspecified atom stereocenters. The van der Waals surface area contributed by atoms with Gasteiger partial charge in [0.15, 0.2) is 5.25 Å². The number of sulfonamides is 1. The largest absolute Gasteiger partial charge is 0.480 e. The van der Waals surface area contributed by atoms with Crippen LogP contribution in [-0.2, 0) is 14.8 Å². The van der Waals surface area contributed by atoms with E-state index in [1.807, 2.05) is 14.1 Å². The zero-order chi connectivity index (χ0) is 14.6. The van der Waals surface area contributed by atoms with Gasteiger partial charge in [-0.05, 0) is 21.0 Å². The van der Waals surface area contributed by atoms with Crippen LogP contribution in [0.25, 0.3) is 0 Å². The van der Waals surface area contributed by atoms with Crippen molar-refractivity contribution in [2.75, 3.05) is 53.4 Å². The lowest BCUT2D eigenvalue weighted by atomic mass is 10.3. The maximum absolute atomic E-state index is 12.0. The van der Waals surface area contributed by atoms with Crippen molar-refractivity contribution in [3.63, 3.8) is 0 Å². The summed E-state index contributed by atoms with van der Waals surface area (Å²) in [6.45, 7) is 5.09. The van der Waals surface area contributed by atoms with Crippen molar-refractivity contribution in [2.24, 2.45) is 0 Å². The summed E-state index contributed by atoms with van der Waals surface area (Å²) in [6, 6.07) is 0. The molecule has 112 valence electrons. The lowest BCUT2D eigenvalue weighted by molar-refractivity contribution is -0.136. The summed E-state index contributed by atoms with van der Waals surface area (Å²) in [6.07, 6.45) is 0. The molecular formula is C11H23N3O4S. The van der Waals surface area contributed by atoms with Crippen molar-refractivity contribution in [3.05, 3.63) is 0 Å². The number of aliphatic carboxylic acids is 1. The first-order valence-corrected chi connectivity index (χ1v) is 7.84. The van der Waals surface area contributed by atoms with Crippen molar-refractivity contribution in [1.82, 2.24) is 14.1 Å². The Morgan fingerprint density at radius 2 is 1.79 bits per heavy atom. The van der Waals surface area contributed by atoms with Crippen LogP contribution in [0.1, 0.15) is 6.92 Å². The van der Waals surface area contributed by atoms with Gasteiger partial charge in [-0.25, -0.2) is 8.42 Å². The molecule has 8 heteroatoms. The van der Waals surface area contributed by atoms with E-state index in [2.05, 4.69) is 9.80 Å². The molecule has 0 bridgehead atoms. The molecular weight excluding hydrogens is 270 g/mol. The summed E-state index contributed by atoms with van der Waals surface area (Å²) in [7, 11) is 0.271. The summed E-state index contributed by atoms with van der Waals surface area (Å²) >= 11 is 0. The van der Waals surface area contributed by atoms with Crippen molar-refractivity contribution in [1.29, 1.82) is 0 Å². The third kappa shape index (κ3) is 4.41. The molecule has 1 saturated heterocycles. The standard InChI is InChI=1S/C11H23N3O4S/c1-10(11(15)16)19(17,18)14-8-6-13(7-9-14)5-4-12(2)3/h10H,4-9H2,1-3H3,(H,15,16). The molecule has 1 aliphatic rings. The molecule has 1 fully saturated rings. The lowest BCUT2D eigenvalue weighted by Gasteiger charge is -2.35. The average molecular weight is 293 g/mol. The minimum atomic E-state index is -3.72. The Labute approximate surface area is 114 Å². The summed E-state index contributed by atoms with van der Waals surface area (Å²) < 4.78 is 25.3. The zero-order valence-electron chi connectivity index (χ0n) is 11.7. The minimum absolute atomic E-state index is 0.368. The number of carboxylic acids is 1. The number of nitrogens with zero attached hydrogens (tertiary/aromatic N) is 3. The molecule has 0 aromatic carbocycles. The zero-order valence-corrected chi connectivity index (χ0v) is 12.6. The van der Waals surface area contributed by atoms with Crippen LogP contribution in [0, 0.1) is 0 Å². The van der Waals surface area contributed by atoms with Gasteiger partial charge < -0.3 is 10.0 Å². The molecule has 1 heterocycles. The summed E-state index contributed by atoms with van der Waals surface area (Å²) in [5, 5.41) is 7.45. The molecule has 7 nitrogen and oxygen atoms in total. The maximum atomic E-state index is 12.0. The van der Waals surface area contributed by atoms with Gasteiger partial charge in [-0.1, -0.05) is 0 Å². The fourth-order valence-corrected chi connectivity index (χ4v) is 3.27. The SMILES string of the molecule is CC(C(=O)O)S(=O)(=O)N1CCN(CCN(C)C)CC1. The van der Waals surface area contributed by atoms with Crippen LogP contribution in [0.3, 0.4) is 0 Å². The molecule has 1 N–H and O–H groups in total. The first-order valence-electron chi connectivity index (χ1n) is 6.34. The van der Waals surface area contributed by atoms with E-state index < -0.39 is 21.2 Å². The maximum Gasteiger partial charge on any atom is 0.323 e. The fraction of sp³-hybridized carbons (Fsp3) is 0.909. The van der Waals surface area contributed by atoms with Crippen molar-refractivity contribution in [2.45, 2.75) is 12.2 Å². The van der Waals surface area contributed by atoms with Gasteiger partial charge in [0.05, 0.1) is 0 Å². The van der Waals surface area contributed by atoms with E-state index in [-0.39, 0.29) is 0 Å². The highest BCUT2D eigenvalue weighted by atomic mass is 32.2. The topological polar surface area (TPSA) is 81.2 Å². The van der Waals surface area contributed by atoms with E-state index >= 15 is 0 Å². The number of carbonyl (C=O) groups is 1. The van der Waals surface area contributed by atoms with E-state index in [0.29, 0.717) is 26.2 Å². The molecule has 1 atom stereocenters. The highest BCUT2D eigenvalue weighted by Gasteiger charge is 2.35. The number of hydrogen-bond donors (Lipinski definition) is 1. The Balaban J connectivity index is 2.52. The predicted octanol–water partition coefficient (Wildman–Crippen LogP) is -1.03. The quantitative estimate of drug-likeness (QED) is 0.674. The van der Waals surface area contributed by atoms with E-state index in [0.717, 1.165) is 13.1 Å². The summed E-state index contributed by atoms with van der Waals surface area (Å²) in [4.78, 5) is 15.1. The van der Waals surface area contributed by atoms with Gasteiger partial charge in [0, 0.05) is 39.3 Å². The summed E-state index contributed by atoms with van der Waals surface area (Å²) in [5.74, 6) is -1.30. The second-order valence-corrected chi connectivity index (χ2v) is 7.32. The number of piperazine rings is 1. The lowest BCUT2D eigenvalue weighted by Crippen LogP contribution is -2.52. The molecule has 0 aromatic rings. The number of carboxylic acid groups (broad SMARTS) is 1. The van der Waals surface area contributed by atoms with Gasteiger partial charge in [-0.3, -0.25) is 9.69 Å². The Hall–Kier alpha value is -0.700. The number of hydrogen-bond acceptors (Lipinski definition) is 5. The smallest absolute Gasteiger partial charge is 0.323 e. The second-order valence-electron chi connectivity index (χ2n) is 5.07. The average Bonchev–Trinajstić information content (AvgIpc) is 2.35. The van der Waals surface area contributed by atoms with Gasteiger partial charge in [0.25, 0.3) is 0 Å². The molecule has 0 aromatic heterocycles. The number of rotatable bonds is 6. The van der Waals surface area contributed by atoms with Crippen LogP contribution in [-0.4, -0.2) is 92.2 Å². The van der Waals surface area contributed by atoms with Gasteiger partial charge in [-0.15, -0.1) is 0 Å². The molecule has 19 heavy (non-hydrogen) atoms. The normalized spacial score (nSPS) is 20.6. The third-order valence-corrected chi connectivity index (χ3v) is 5.53. The highest BCUT2D eigenvalue weighted by Crippen LogP contribution is 2.12. The van der Waals surface area contributed by atoms with E-state index in [4.69, 9.17) is 5.11 Å². The molecule has 0 radical (unpaired) electrons. The first kappa shape index (κ1) is 16.4. The van der Waals surface area contributed by atoms with Crippen molar-refractivity contribution >= 4 is 16.0 Å². The van der Waals surface area contributed by atoms with Crippen LogP contribution in [0.4, 0.5) is 0 Å². The van der Waals surface area contributed by atoms with Crippen LogP contribution in [0.5, 0.6) is 0 Å². The summed E-state index contributed by atoms with van der Waals surface area (Å²) in [5.41, 5.74) is 0. The van der Waals surface area contributed by atoms with Crippen LogP contribution >= 0.6 is 0 Å². The Morgan fingerprint density at radius 1 is 1.26 bits per heavy atom. The number of likely N-dealkylation sites (N-methyl/N-ethyl adjacent to an activating group) is 1. The van der Waals surface area contributed by atoms with E-state index in [9.17, 15) is 13.2 Å². The highest BCUT2D eigenvalue weighted by molar-refractivity contribution is 7.90. The predicted molar refractivity (Wildman–Crippen MR) is 72.6 cm³/mol. The molecule has 0 saturated carbocycles. The first-order chi connectivity index (χ1) is 8.75. The molecule has 1 aliphatic heterocycles. The monoisotopic (exact) mass is 293 g/mol. The molecule has 0 amide bonds. The third-order valence-electron chi connectivity index (χ3n) is 3.35. The Kier molecular flexibility index (Phi) is 5.72. The second kappa shape index (κ2) is 6.65. The van der Waals surface area contributed by atoms with Crippen LogP contribution < -0.4 is 0 Å². The molecule has 1 rings (SSSR count). The molecule has 0 spiro atoms. The van der Waals surface area contributed by atoms with Gasteiger partial charge >= 0.3 is 5.97 Å². The van der Waals surface area contributed by atoms with Crippen LogP contribution in [0.2, 0.25) is 0 Å². The fourth-order valence-electron chi connectivity index (χ4n) is 1.90. The molecule has 0 aliphatic carbocycles. The van der Waals surface area contributed by atoms with Crippen molar-refractivity contribution in [3.8, 4) is 0 Å².